The average molecular weight is 187 g/mol. The van der Waals surface area contributed by atoms with Crippen molar-refractivity contribution >= 4 is 11.8 Å². The van der Waals surface area contributed by atoms with E-state index in [9.17, 15) is 9.59 Å². The van der Waals surface area contributed by atoms with Crippen LogP contribution in [0.3, 0.4) is 0 Å². The molecule has 0 spiro atoms. The fraction of sp³-hybridized carbons (Fsp3) is 0.778. The Balaban J connectivity index is 0.000000671. The van der Waals surface area contributed by atoms with Crippen LogP contribution in [0.25, 0.3) is 0 Å². The third-order valence-electron chi connectivity index (χ3n) is 1.77. The molecule has 0 aromatic carbocycles. The Morgan fingerprint density at radius 1 is 1.54 bits per heavy atom. The maximum atomic E-state index is 11.1. The van der Waals surface area contributed by atoms with Crippen molar-refractivity contribution in [3.8, 4) is 0 Å². The highest BCUT2D eigenvalue weighted by atomic mass is 16.5. The zero-order chi connectivity index (χ0) is 10.3. The van der Waals surface area contributed by atoms with Crippen LogP contribution in [0.5, 0.6) is 0 Å². The molecule has 4 nitrogen and oxygen atoms in total. The summed E-state index contributed by atoms with van der Waals surface area (Å²) in [5.74, 6) is -1.02. The Morgan fingerprint density at radius 3 is 2.62 bits per heavy atom. The molecule has 0 aliphatic carbocycles. The molecule has 1 rings (SSSR count). The van der Waals surface area contributed by atoms with Gasteiger partial charge in [-0.3, -0.25) is 9.59 Å². The predicted octanol–water partition coefficient (Wildman–Crippen LogP) is 0.364. The number of methoxy groups -OCH3 is 1. The number of ether oxygens (including phenoxy) is 1. The van der Waals surface area contributed by atoms with Gasteiger partial charge in [-0.2, -0.15) is 0 Å². The number of ketones is 1. The van der Waals surface area contributed by atoms with E-state index in [2.05, 4.69) is 10.1 Å². The minimum atomic E-state index is -0.575. The second-order valence-electron chi connectivity index (χ2n) is 2.50. The van der Waals surface area contributed by atoms with Gasteiger partial charge in [0.2, 0.25) is 0 Å². The van der Waals surface area contributed by atoms with E-state index in [1.807, 2.05) is 13.8 Å². The van der Waals surface area contributed by atoms with Crippen LogP contribution in [0.2, 0.25) is 0 Å². The quantitative estimate of drug-likeness (QED) is 0.476. The molecule has 1 aliphatic heterocycles. The Hall–Kier alpha value is -0.900. The summed E-state index contributed by atoms with van der Waals surface area (Å²) in [6.45, 7) is 5.10. The van der Waals surface area contributed by atoms with Crippen molar-refractivity contribution in [3.63, 3.8) is 0 Å². The molecule has 4 heteroatoms. The largest absolute Gasteiger partial charge is 0.468 e. The molecule has 1 heterocycles. The van der Waals surface area contributed by atoms with Gasteiger partial charge in [0.15, 0.2) is 0 Å². The molecular formula is C9H17NO3. The highest BCUT2D eigenvalue weighted by molar-refractivity contribution is 5.99. The van der Waals surface area contributed by atoms with Crippen molar-refractivity contribution < 1.29 is 14.3 Å². The zero-order valence-corrected chi connectivity index (χ0v) is 8.42. The molecule has 1 unspecified atom stereocenters. The van der Waals surface area contributed by atoms with E-state index in [-0.39, 0.29) is 5.78 Å². The first-order chi connectivity index (χ1) is 6.25. The van der Waals surface area contributed by atoms with E-state index in [1.54, 1.807) is 0 Å². The molecule has 1 saturated heterocycles. The van der Waals surface area contributed by atoms with Gasteiger partial charge in [0, 0.05) is 19.5 Å². The lowest BCUT2D eigenvalue weighted by atomic mass is 9.98. The van der Waals surface area contributed by atoms with E-state index in [0.717, 1.165) is 0 Å². The third kappa shape index (κ3) is 3.55. The van der Waals surface area contributed by atoms with Crippen molar-refractivity contribution in [1.29, 1.82) is 0 Å². The minimum absolute atomic E-state index is 0.0180. The second-order valence-corrected chi connectivity index (χ2v) is 2.50. The van der Waals surface area contributed by atoms with Crippen LogP contribution < -0.4 is 5.32 Å². The smallest absolute Gasteiger partial charge is 0.317 e. The number of nitrogens with one attached hydrogen (secondary N) is 1. The van der Waals surface area contributed by atoms with Gasteiger partial charge in [-0.15, -0.1) is 0 Å². The first kappa shape index (κ1) is 12.1. The van der Waals surface area contributed by atoms with Crippen LogP contribution in [0.4, 0.5) is 0 Å². The predicted molar refractivity (Wildman–Crippen MR) is 49.3 cm³/mol. The Bertz CT molecular complexity index is 172. The van der Waals surface area contributed by atoms with Crippen LogP contribution in [0.15, 0.2) is 0 Å². The molecule has 1 atom stereocenters. The van der Waals surface area contributed by atoms with Crippen LogP contribution >= 0.6 is 0 Å². The van der Waals surface area contributed by atoms with E-state index < -0.39 is 11.9 Å². The topological polar surface area (TPSA) is 55.4 Å². The van der Waals surface area contributed by atoms with Crippen LogP contribution in [0, 0.1) is 5.92 Å². The van der Waals surface area contributed by atoms with Gasteiger partial charge >= 0.3 is 5.97 Å². The number of Topliss-reactive ketones (excluding diaryl/α,β-unsaturated/α-hetero) is 1. The van der Waals surface area contributed by atoms with Gasteiger partial charge < -0.3 is 10.1 Å². The van der Waals surface area contributed by atoms with Gasteiger partial charge in [-0.05, 0) is 0 Å². The normalized spacial score (nSPS) is 21.5. The number of hydrogen-bond donors (Lipinski definition) is 1. The Labute approximate surface area is 78.6 Å². The van der Waals surface area contributed by atoms with Gasteiger partial charge in [0.1, 0.15) is 11.7 Å². The molecule has 0 saturated carbocycles. The SMILES string of the molecule is CC.COC(=O)C1CNCCC1=O. The summed E-state index contributed by atoms with van der Waals surface area (Å²) in [4.78, 5) is 21.9. The summed E-state index contributed by atoms with van der Waals surface area (Å²) in [6, 6.07) is 0. The Morgan fingerprint density at radius 2 is 2.15 bits per heavy atom. The molecule has 1 N–H and O–H groups in total. The summed E-state index contributed by atoms with van der Waals surface area (Å²) in [5, 5.41) is 2.96. The number of carbonyl (C=O) groups is 2. The fourth-order valence-electron chi connectivity index (χ4n) is 1.10. The summed E-state index contributed by atoms with van der Waals surface area (Å²) in [6.07, 6.45) is 0.430. The maximum Gasteiger partial charge on any atom is 0.317 e. The van der Waals surface area contributed by atoms with E-state index in [0.29, 0.717) is 19.5 Å². The lowest BCUT2D eigenvalue weighted by molar-refractivity contribution is -0.149. The molecule has 0 radical (unpaired) electrons. The molecule has 13 heavy (non-hydrogen) atoms. The van der Waals surface area contributed by atoms with Crippen molar-refractivity contribution in [2.45, 2.75) is 20.3 Å². The van der Waals surface area contributed by atoms with Crippen molar-refractivity contribution in [3.05, 3.63) is 0 Å². The minimum Gasteiger partial charge on any atom is -0.468 e. The molecule has 0 amide bonds. The first-order valence-corrected chi connectivity index (χ1v) is 4.57. The molecule has 0 aromatic heterocycles. The number of carbonyl (C=O) groups excluding carboxylic acids is 2. The molecule has 1 aliphatic rings. The number of piperidine rings is 1. The van der Waals surface area contributed by atoms with E-state index >= 15 is 0 Å². The highest BCUT2D eigenvalue weighted by Crippen LogP contribution is 2.06. The van der Waals surface area contributed by atoms with Crippen LogP contribution in [-0.2, 0) is 14.3 Å². The summed E-state index contributed by atoms with van der Waals surface area (Å²) in [5.41, 5.74) is 0. The zero-order valence-electron chi connectivity index (χ0n) is 8.42. The van der Waals surface area contributed by atoms with Crippen LogP contribution in [-0.4, -0.2) is 32.0 Å². The van der Waals surface area contributed by atoms with E-state index in [1.165, 1.54) is 7.11 Å². The molecule has 76 valence electrons. The van der Waals surface area contributed by atoms with Gasteiger partial charge in [-0.25, -0.2) is 0 Å². The number of rotatable bonds is 1. The Kier molecular flexibility index (Phi) is 6.14. The fourth-order valence-corrected chi connectivity index (χ4v) is 1.10. The average Bonchev–Trinajstić information content (AvgIpc) is 2.20. The lowest BCUT2D eigenvalue weighted by Crippen LogP contribution is -2.41. The molecule has 1 fully saturated rings. The van der Waals surface area contributed by atoms with Gasteiger partial charge in [0.05, 0.1) is 7.11 Å². The number of esters is 1. The van der Waals surface area contributed by atoms with Crippen LogP contribution in [0.1, 0.15) is 20.3 Å². The van der Waals surface area contributed by atoms with Gasteiger partial charge in [0.25, 0.3) is 0 Å². The summed E-state index contributed by atoms with van der Waals surface area (Å²) < 4.78 is 4.46. The molecule has 0 aromatic rings. The summed E-state index contributed by atoms with van der Waals surface area (Å²) >= 11 is 0. The molecular weight excluding hydrogens is 170 g/mol. The monoisotopic (exact) mass is 187 g/mol. The van der Waals surface area contributed by atoms with Crippen molar-refractivity contribution in [1.82, 2.24) is 5.32 Å². The van der Waals surface area contributed by atoms with Crippen molar-refractivity contribution in [2.24, 2.45) is 5.92 Å². The molecule has 0 bridgehead atoms. The van der Waals surface area contributed by atoms with E-state index in [4.69, 9.17) is 0 Å². The van der Waals surface area contributed by atoms with Gasteiger partial charge in [-0.1, -0.05) is 13.8 Å². The van der Waals surface area contributed by atoms with Crippen molar-refractivity contribution in [2.75, 3.05) is 20.2 Å². The highest BCUT2D eigenvalue weighted by Gasteiger charge is 2.29. The summed E-state index contributed by atoms with van der Waals surface area (Å²) in [7, 11) is 1.30. The standard InChI is InChI=1S/C7H11NO3.C2H6/c1-11-7(10)5-4-8-3-2-6(5)9;1-2/h5,8H,2-4H2,1H3;1-2H3. The first-order valence-electron chi connectivity index (χ1n) is 4.57. The maximum absolute atomic E-state index is 11.1. The lowest BCUT2D eigenvalue weighted by Gasteiger charge is -2.18. The third-order valence-corrected chi connectivity index (χ3v) is 1.77. The second kappa shape index (κ2) is 6.60. The number of hydrogen-bond acceptors (Lipinski definition) is 4.